The van der Waals surface area contributed by atoms with Gasteiger partial charge in [-0.25, -0.2) is 9.14 Å². The minimum atomic E-state index is -2.87. The zero-order valence-corrected chi connectivity index (χ0v) is 21.2. The molecule has 34 heavy (non-hydrogen) atoms. The molecule has 1 unspecified atom stereocenters. The van der Waals surface area contributed by atoms with Crippen molar-refractivity contribution in [2.24, 2.45) is 4.74 Å². The number of halogens is 1. The summed E-state index contributed by atoms with van der Waals surface area (Å²) in [6.45, 7) is 9.28. The Kier molecular flexibility index (Phi) is 6.81. The third-order valence-corrected chi connectivity index (χ3v) is 9.47. The molecule has 0 amide bonds. The molecule has 0 N–H and O–H groups in total. The molecule has 3 aromatic carbocycles. The van der Waals surface area contributed by atoms with E-state index in [2.05, 4.69) is 33.8 Å². The Morgan fingerprint density at radius 3 is 2.32 bits per heavy atom. The Balaban J connectivity index is 2.14. The fourth-order valence-electron chi connectivity index (χ4n) is 3.98. The zero-order valence-electron chi connectivity index (χ0n) is 20.3. The molecule has 0 aliphatic carbocycles. The van der Waals surface area contributed by atoms with Crippen LogP contribution in [0.3, 0.4) is 0 Å². The van der Waals surface area contributed by atoms with Gasteiger partial charge in [0.1, 0.15) is 28.4 Å². The highest BCUT2D eigenvalue weighted by molar-refractivity contribution is 7.71. The van der Waals surface area contributed by atoms with Crippen LogP contribution in [0.1, 0.15) is 34.1 Å². The van der Waals surface area contributed by atoms with E-state index in [1.807, 2.05) is 47.1 Å². The number of aromatic nitrogens is 2. The van der Waals surface area contributed by atoms with Crippen molar-refractivity contribution in [1.29, 1.82) is 0 Å². The third-order valence-electron chi connectivity index (χ3n) is 5.63. The highest BCUT2D eigenvalue weighted by Gasteiger charge is 2.43. The van der Waals surface area contributed by atoms with Crippen molar-refractivity contribution in [2.45, 2.75) is 45.8 Å². The second kappa shape index (κ2) is 9.63. The van der Waals surface area contributed by atoms with Crippen LogP contribution in [0.2, 0.25) is 0 Å². The van der Waals surface area contributed by atoms with E-state index in [0.29, 0.717) is 17.2 Å². The van der Waals surface area contributed by atoms with E-state index < -0.39 is 12.4 Å². The molecule has 1 heterocycles. The fraction of sp³-hybridized carbons (Fsp3) is 0.296. The smallest absolute Gasteiger partial charge is 0.191 e. The molecule has 0 saturated heterocycles. The first-order valence-corrected chi connectivity index (χ1v) is 13.1. The highest BCUT2D eigenvalue weighted by atomic mass is 31.2. The first kappa shape index (κ1) is 24.0. The van der Waals surface area contributed by atoms with Gasteiger partial charge in [0.25, 0.3) is 0 Å². The summed E-state index contributed by atoms with van der Waals surface area (Å²) in [4.78, 5) is 0. The summed E-state index contributed by atoms with van der Waals surface area (Å²) < 4.78 is 33.8. The van der Waals surface area contributed by atoms with Gasteiger partial charge in [-0.2, -0.15) is 5.10 Å². The summed E-state index contributed by atoms with van der Waals surface area (Å²) in [7, 11) is -1.23. The lowest BCUT2D eigenvalue weighted by molar-refractivity contribution is 0.416. The molecule has 4 aromatic rings. The Morgan fingerprint density at radius 1 is 0.971 bits per heavy atom. The van der Waals surface area contributed by atoms with Crippen molar-refractivity contribution in [1.82, 2.24) is 9.78 Å². The van der Waals surface area contributed by atoms with Gasteiger partial charge in [-0.1, -0.05) is 58.0 Å². The number of rotatable bonds is 7. The van der Waals surface area contributed by atoms with Gasteiger partial charge in [0.05, 0.1) is 12.6 Å². The normalized spacial score (nSPS) is 13.5. The van der Waals surface area contributed by atoms with E-state index >= 15 is 0 Å². The molecule has 5 nitrogen and oxygen atoms in total. The summed E-state index contributed by atoms with van der Waals surface area (Å²) in [5, 5.41) is 5.53. The maximum absolute atomic E-state index is 13.7. The minimum Gasteiger partial charge on any atom is -0.494 e. The van der Waals surface area contributed by atoms with Crippen molar-refractivity contribution in [3.8, 4) is 11.5 Å². The standard InChI is InChI=1S/C27H31FN3O2P/c1-6-19-31-26(22-11-7-8-12-23(22)29-31)34(27(2,3)4,33-21-17-15-20(28)16-18-21)30-24-13-9-10-14-25(24)32-5/h7-18H,6,19H2,1-5H3. The average molecular weight is 480 g/mol. The topological polar surface area (TPSA) is 48.6 Å². The molecule has 4 rings (SSSR count). The molecular weight excluding hydrogens is 448 g/mol. The molecule has 1 atom stereocenters. The summed E-state index contributed by atoms with van der Waals surface area (Å²) in [6.07, 6.45) is 0.913. The zero-order chi connectivity index (χ0) is 24.3. The Labute approximate surface area is 200 Å². The first-order chi connectivity index (χ1) is 16.3. The van der Waals surface area contributed by atoms with Gasteiger partial charge in [-0.05, 0) is 48.9 Å². The van der Waals surface area contributed by atoms with Gasteiger partial charge in [0.2, 0.25) is 0 Å². The van der Waals surface area contributed by atoms with Crippen molar-refractivity contribution < 1.29 is 13.7 Å². The van der Waals surface area contributed by atoms with E-state index in [1.54, 1.807) is 19.2 Å². The Hall–Kier alpha value is -3.11. The van der Waals surface area contributed by atoms with Crippen LogP contribution < -0.4 is 14.7 Å². The number of hydrogen-bond donors (Lipinski definition) is 0. The van der Waals surface area contributed by atoms with Crippen molar-refractivity contribution in [2.75, 3.05) is 7.11 Å². The number of ether oxygens (including phenoxy) is 1. The second-order valence-electron chi connectivity index (χ2n) is 9.13. The summed E-state index contributed by atoms with van der Waals surface area (Å²) in [5.41, 5.74) is 2.58. The van der Waals surface area contributed by atoms with Crippen molar-refractivity contribution >= 4 is 29.3 Å². The lowest BCUT2D eigenvalue weighted by Crippen LogP contribution is -2.32. The van der Waals surface area contributed by atoms with E-state index in [4.69, 9.17) is 19.1 Å². The number of aryl methyl sites for hydroxylation is 1. The summed E-state index contributed by atoms with van der Waals surface area (Å²) in [5.74, 6) is 0.927. The van der Waals surface area contributed by atoms with Crippen LogP contribution in [-0.4, -0.2) is 22.0 Å². The van der Waals surface area contributed by atoms with Crippen LogP contribution in [0.25, 0.3) is 10.9 Å². The number of para-hydroxylation sites is 1. The van der Waals surface area contributed by atoms with E-state index in [0.717, 1.165) is 29.3 Å². The predicted molar refractivity (Wildman–Crippen MR) is 138 cm³/mol. The van der Waals surface area contributed by atoms with E-state index in [9.17, 15) is 4.39 Å². The van der Waals surface area contributed by atoms with E-state index in [-0.39, 0.29) is 5.82 Å². The number of fused-ring (bicyclic) bond motifs is 1. The lowest BCUT2D eigenvalue weighted by atomic mass is 10.2. The van der Waals surface area contributed by atoms with Gasteiger partial charge in [0, 0.05) is 17.1 Å². The predicted octanol–water partition coefficient (Wildman–Crippen LogP) is 7.54. The molecule has 0 bridgehead atoms. The summed E-state index contributed by atoms with van der Waals surface area (Å²) in [6, 6.07) is 22.0. The van der Waals surface area contributed by atoms with Crippen LogP contribution >= 0.6 is 7.28 Å². The Morgan fingerprint density at radius 2 is 1.65 bits per heavy atom. The number of methoxy groups -OCH3 is 1. The molecule has 0 saturated carbocycles. The molecule has 0 radical (unpaired) electrons. The maximum atomic E-state index is 13.7. The molecule has 178 valence electrons. The van der Waals surface area contributed by atoms with Crippen molar-refractivity contribution in [3.63, 3.8) is 0 Å². The average Bonchev–Trinajstić information content (AvgIpc) is 3.18. The van der Waals surface area contributed by atoms with Crippen molar-refractivity contribution in [3.05, 3.63) is 78.6 Å². The largest absolute Gasteiger partial charge is 0.494 e. The number of nitrogens with zero attached hydrogens (tertiary/aromatic N) is 3. The van der Waals surface area contributed by atoms with Crippen LogP contribution in [0.4, 0.5) is 10.1 Å². The molecule has 0 fully saturated rings. The monoisotopic (exact) mass is 479 g/mol. The highest BCUT2D eigenvalue weighted by Crippen LogP contribution is 2.63. The third kappa shape index (κ3) is 4.47. The molecule has 0 aliphatic rings. The second-order valence-corrected chi connectivity index (χ2v) is 12.4. The number of hydrogen-bond acceptors (Lipinski definition) is 4. The molecule has 7 heteroatoms. The molecule has 0 spiro atoms. The van der Waals surface area contributed by atoms with Crippen LogP contribution in [0.15, 0.2) is 77.5 Å². The maximum Gasteiger partial charge on any atom is 0.191 e. The van der Waals surface area contributed by atoms with Gasteiger partial charge in [0.15, 0.2) is 7.28 Å². The van der Waals surface area contributed by atoms with Gasteiger partial charge in [-0.15, -0.1) is 0 Å². The van der Waals surface area contributed by atoms with Gasteiger partial charge >= 0.3 is 0 Å². The Bertz CT molecular complexity index is 1340. The van der Waals surface area contributed by atoms with E-state index in [1.165, 1.54) is 12.1 Å². The minimum absolute atomic E-state index is 0.310. The molecule has 1 aromatic heterocycles. The van der Waals surface area contributed by atoms with Crippen LogP contribution in [0, 0.1) is 5.82 Å². The van der Waals surface area contributed by atoms with Crippen LogP contribution in [0.5, 0.6) is 11.5 Å². The first-order valence-electron chi connectivity index (χ1n) is 11.5. The quantitative estimate of drug-likeness (QED) is 0.257. The van der Waals surface area contributed by atoms with Gasteiger partial charge < -0.3 is 9.26 Å². The SMILES string of the molecule is CCCn1nc2ccccc2c1P(=Nc1ccccc1OC)(Oc1ccc(F)cc1)C(C)(C)C. The summed E-state index contributed by atoms with van der Waals surface area (Å²) >= 11 is 0. The van der Waals surface area contributed by atoms with Crippen LogP contribution in [-0.2, 0) is 6.54 Å². The fourth-order valence-corrected chi connectivity index (χ4v) is 7.28. The van der Waals surface area contributed by atoms with Gasteiger partial charge in [-0.3, -0.25) is 4.68 Å². The lowest BCUT2D eigenvalue weighted by Gasteiger charge is -2.37. The number of benzene rings is 3. The molecule has 0 aliphatic heterocycles. The molecular formula is C27H31FN3O2P.